The van der Waals surface area contributed by atoms with Gasteiger partial charge in [-0.05, 0) is 99.8 Å². The van der Waals surface area contributed by atoms with E-state index in [9.17, 15) is 0 Å². The van der Waals surface area contributed by atoms with Crippen molar-refractivity contribution in [1.82, 2.24) is 15.1 Å². The van der Waals surface area contributed by atoms with E-state index in [-0.39, 0.29) is 0 Å². The van der Waals surface area contributed by atoms with Crippen LogP contribution in [0.4, 0.5) is 5.82 Å². The van der Waals surface area contributed by atoms with Crippen molar-refractivity contribution in [3.05, 3.63) is 36.4 Å². The molecule has 0 amide bonds. The molecule has 0 atom stereocenters. The summed E-state index contributed by atoms with van der Waals surface area (Å²) in [4.78, 5) is 5.20. The zero-order valence-electron chi connectivity index (χ0n) is 18.9. The van der Waals surface area contributed by atoms with E-state index in [1.807, 2.05) is 12.1 Å². The van der Waals surface area contributed by atoms with E-state index in [1.54, 1.807) is 0 Å². The van der Waals surface area contributed by atoms with E-state index in [2.05, 4.69) is 51.2 Å². The molecule has 0 unspecified atom stereocenters. The molecule has 2 aliphatic heterocycles. The second-order valence-electron chi connectivity index (χ2n) is 9.76. The van der Waals surface area contributed by atoms with Gasteiger partial charge in [0.1, 0.15) is 5.75 Å². The van der Waals surface area contributed by atoms with Crippen molar-refractivity contribution in [2.24, 2.45) is 5.41 Å². The molecule has 5 heteroatoms. The lowest BCUT2D eigenvalue weighted by Crippen LogP contribution is -2.51. The van der Waals surface area contributed by atoms with Crippen molar-refractivity contribution in [3.8, 4) is 17.0 Å². The smallest absolute Gasteiger partial charge is 0.151 e. The molecule has 1 aliphatic carbocycles. The first-order valence-corrected chi connectivity index (χ1v) is 12.3. The second-order valence-corrected chi connectivity index (χ2v) is 9.76. The Morgan fingerprint density at radius 2 is 1.61 bits per heavy atom. The minimum absolute atomic E-state index is 0.575. The van der Waals surface area contributed by atoms with Crippen LogP contribution in [0.15, 0.2) is 36.4 Å². The van der Waals surface area contributed by atoms with Crippen LogP contribution in [0.25, 0.3) is 11.3 Å². The van der Waals surface area contributed by atoms with Gasteiger partial charge in [0.2, 0.25) is 0 Å². The van der Waals surface area contributed by atoms with E-state index in [0.29, 0.717) is 5.41 Å². The van der Waals surface area contributed by atoms with Crippen LogP contribution in [0.5, 0.6) is 5.75 Å². The van der Waals surface area contributed by atoms with Gasteiger partial charge in [0.25, 0.3) is 0 Å². The predicted octanol–water partition coefficient (Wildman–Crippen LogP) is 5.17. The fraction of sp³-hybridized carbons (Fsp3) is 0.615. The third kappa shape index (κ3) is 4.57. The van der Waals surface area contributed by atoms with Crippen LogP contribution in [0.3, 0.4) is 0 Å². The first kappa shape index (κ1) is 20.7. The monoisotopic (exact) mass is 420 g/mol. The molecule has 3 fully saturated rings. The molecular weight excluding hydrogens is 384 g/mol. The summed E-state index contributed by atoms with van der Waals surface area (Å²) >= 11 is 0. The number of ether oxygens (including phenoxy) is 1. The molecular formula is C26H36N4O. The highest BCUT2D eigenvalue weighted by atomic mass is 16.5. The van der Waals surface area contributed by atoms with Crippen molar-refractivity contribution >= 4 is 5.82 Å². The number of benzene rings is 1. The molecule has 166 valence electrons. The third-order valence-electron chi connectivity index (χ3n) is 7.87. The fourth-order valence-corrected chi connectivity index (χ4v) is 5.42. The number of aromatic nitrogens is 2. The Morgan fingerprint density at radius 3 is 2.19 bits per heavy atom. The van der Waals surface area contributed by atoms with E-state index in [4.69, 9.17) is 4.74 Å². The highest BCUT2D eigenvalue weighted by molar-refractivity contribution is 5.60. The highest BCUT2D eigenvalue weighted by Crippen LogP contribution is 2.43. The molecule has 3 heterocycles. The highest BCUT2D eigenvalue weighted by Gasteiger charge is 2.39. The lowest BCUT2D eigenvalue weighted by atomic mass is 9.70. The quantitative estimate of drug-likeness (QED) is 0.645. The van der Waals surface area contributed by atoms with Gasteiger partial charge in [0, 0.05) is 24.7 Å². The Kier molecular flexibility index (Phi) is 6.13. The van der Waals surface area contributed by atoms with E-state index in [1.165, 1.54) is 58.0 Å². The summed E-state index contributed by atoms with van der Waals surface area (Å²) < 4.78 is 5.67. The summed E-state index contributed by atoms with van der Waals surface area (Å²) in [5, 5.41) is 9.10. The average molecular weight is 421 g/mol. The van der Waals surface area contributed by atoms with Crippen LogP contribution in [0, 0.1) is 5.41 Å². The van der Waals surface area contributed by atoms with Gasteiger partial charge in [-0.15, -0.1) is 10.2 Å². The lowest BCUT2D eigenvalue weighted by molar-refractivity contribution is 0.0305. The number of rotatable bonds is 6. The summed E-state index contributed by atoms with van der Waals surface area (Å²) in [6, 6.07) is 13.3. The molecule has 1 aromatic carbocycles. The molecule has 0 radical (unpaired) electrons. The zero-order chi connectivity index (χ0) is 21.1. The summed E-state index contributed by atoms with van der Waals surface area (Å²) in [6.45, 7) is 7.74. The van der Waals surface area contributed by atoms with Crippen molar-refractivity contribution in [1.29, 1.82) is 0 Å². The number of piperidine rings is 2. The fourth-order valence-electron chi connectivity index (χ4n) is 5.42. The first-order valence-electron chi connectivity index (χ1n) is 12.3. The molecule has 1 spiro atoms. The van der Waals surface area contributed by atoms with Crippen molar-refractivity contribution in [2.75, 3.05) is 37.7 Å². The molecule has 31 heavy (non-hydrogen) atoms. The van der Waals surface area contributed by atoms with Crippen molar-refractivity contribution in [3.63, 3.8) is 0 Å². The van der Waals surface area contributed by atoms with Gasteiger partial charge in [-0.3, -0.25) is 0 Å². The van der Waals surface area contributed by atoms with Gasteiger partial charge < -0.3 is 14.5 Å². The summed E-state index contributed by atoms with van der Waals surface area (Å²) in [6.07, 6.45) is 10.7. The predicted molar refractivity (Wildman–Crippen MR) is 126 cm³/mol. The van der Waals surface area contributed by atoms with Crippen LogP contribution in [-0.2, 0) is 0 Å². The maximum Gasteiger partial charge on any atom is 0.151 e. The Labute approximate surface area is 186 Å². The first-order chi connectivity index (χ1) is 15.2. The number of anilines is 1. The molecule has 1 saturated carbocycles. The van der Waals surface area contributed by atoms with Gasteiger partial charge in [-0.2, -0.15) is 0 Å². The van der Waals surface area contributed by atoms with E-state index >= 15 is 0 Å². The number of hydrogen-bond donors (Lipinski definition) is 0. The minimum atomic E-state index is 0.575. The van der Waals surface area contributed by atoms with Crippen LogP contribution < -0.4 is 9.64 Å². The maximum atomic E-state index is 5.67. The third-order valence-corrected chi connectivity index (χ3v) is 7.87. The van der Waals surface area contributed by atoms with Crippen LogP contribution in [0.1, 0.15) is 58.3 Å². The van der Waals surface area contributed by atoms with Crippen LogP contribution in [-0.4, -0.2) is 53.9 Å². The molecule has 0 bridgehead atoms. The normalized spacial score (nSPS) is 21.8. The number of likely N-dealkylation sites (tertiary alicyclic amines) is 1. The molecule has 2 aromatic rings. The molecule has 3 aliphatic rings. The Morgan fingerprint density at radius 1 is 0.903 bits per heavy atom. The van der Waals surface area contributed by atoms with Gasteiger partial charge in [0.05, 0.1) is 12.3 Å². The zero-order valence-corrected chi connectivity index (χ0v) is 18.9. The van der Waals surface area contributed by atoms with Gasteiger partial charge in [-0.1, -0.05) is 13.3 Å². The largest absolute Gasteiger partial charge is 0.494 e. The summed E-state index contributed by atoms with van der Waals surface area (Å²) in [7, 11) is 0. The van der Waals surface area contributed by atoms with Gasteiger partial charge in [-0.25, -0.2) is 0 Å². The number of hydrogen-bond acceptors (Lipinski definition) is 5. The number of nitrogens with zero attached hydrogens (tertiary/aromatic N) is 4. The van der Waals surface area contributed by atoms with Crippen molar-refractivity contribution in [2.45, 2.75) is 64.3 Å². The minimum Gasteiger partial charge on any atom is -0.494 e. The van der Waals surface area contributed by atoms with Crippen molar-refractivity contribution < 1.29 is 4.74 Å². The summed E-state index contributed by atoms with van der Waals surface area (Å²) in [5.41, 5.74) is 2.58. The van der Waals surface area contributed by atoms with Gasteiger partial charge >= 0.3 is 0 Å². The molecule has 1 aromatic heterocycles. The molecule has 5 nitrogen and oxygen atoms in total. The SMILES string of the molecule is CCCOc1ccc(-c2ccc(N3CCC4(CC3)CCN(C3CCC3)CC4)nn2)cc1. The second kappa shape index (κ2) is 9.15. The molecule has 0 N–H and O–H groups in total. The lowest BCUT2D eigenvalue weighted by Gasteiger charge is -2.50. The van der Waals surface area contributed by atoms with E-state index in [0.717, 1.165) is 55.0 Å². The summed E-state index contributed by atoms with van der Waals surface area (Å²) in [5.74, 6) is 1.93. The Bertz CT molecular complexity index is 829. The topological polar surface area (TPSA) is 41.5 Å². The molecule has 2 saturated heterocycles. The molecule has 5 rings (SSSR count). The van der Waals surface area contributed by atoms with E-state index < -0.39 is 0 Å². The standard InChI is InChI=1S/C26H36N4O/c1-2-20-31-23-8-6-21(7-9-23)24-10-11-25(28-27-24)30-18-14-26(15-19-30)12-16-29(17-13-26)22-4-3-5-22/h6-11,22H,2-5,12-20H2,1H3. The maximum absolute atomic E-state index is 5.67. The Hall–Kier alpha value is -2.14. The van der Waals surface area contributed by atoms with Crippen LogP contribution in [0.2, 0.25) is 0 Å². The Balaban J connectivity index is 1.15. The van der Waals surface area contributed by atoms with Crippen LogP contribution >= 0.6 is 0 Å². The average Bonchev–Trinajstić information content (AvgIpc) is 2.79. The van der Waals surface area contributed by atoms with Gasteiger partial charge in [0.15, 0.2) is 5.82 Å².